The van der Waals surface area contributed by atoms with Gasteiger partial charge in [0, 0.05) is 74.9 Å². The molecule has 3 fully saturated rings. The van der Waals surface area contributed by atoms with Gasteiger partial charge >= 0.3 is 0 Å². The smallest absolute Gasteiger partial charge is 0.248 e. The van der Waals surface area contributed by atoms with E-state index in [1.54, 1.807) is 17.0 Å². The molecule has 2 aliphatic heterocycles. The molecule has 2 amide bonds. The zero-order valence-corrected chi connectivity index (χ0v) is 21.2. The predicted molar refractivity (Wildman–Crippen MR) is 131 cm³/mol. The Balaban J connectivity index is 1.47. The van der Waals surface area contributed by atoms with Gasteiger partial charge in [-0.2, -0.15) is 0 Å². The first-order valence-corrected chi connectivity index (χ1v) is 13.0. The van der Waals surface area contributed by atoms with Gasteiger partial charge in [0.15, 0.2) is 0 Å². The highest BCUT2D eigenvalue weighted by Crippen LogP contribution is 2.40. The van der Waals surface area contributed by atoms with E-state index in [0.29, 0.717) is 50.0 Å². The SMILES string of the molecule is CN1CCN(C(=O)C[C@@]2(COc3cccc(Cl)c3)CCCN(C(=O)C3CCC(F)(F)CC3)C2)CC1. The van der Waals surface area contributed by atoms with E-state index in [0.717, 1.165) is 25.9 Å². The highest BCUT2D eigenvalue weighted by molar-refractivity contribution is 6.30. The lowest BCUT2D eigenvalue weighted by Crippen LogP contribution is -2.54. The summed E-state index contributed by atoms with van der Waals surface area (Å²) >= 11 is 6.12. The fourth-order valence-corrected chi connectivity index (χ4v) is 5.72. The van der Waals surface area contributed by atoms with Crippen LogP contribution in [0.15, 0.2) is 24.3 Å². The van der Waals surface area contributed by atoms with Gasteiger partial charge in [-0.05, 0) is 50.9 Å². The Morgan fingerprint density at radius 2 is 1.77 bits per heavy atom. The minimum atomic E-state index is -2.66. The largest absolute Gasteiger partial charge is 0.493 e. The summed E-state index contributed by atoms with van der Waals surface area (Å²) in [6, 6.07) is 7.16. The minimum absolute atomic E-state index is 0.0561. The van der Waals surface area contributed by atoms with Crippen LogP contribution in [-0.4, -0.2) is 85.4 Å². The Morgan fingerprint density at radius 3 is 2.46 bits per heavy atom. The van der Waals surface area contributed by atoms with Gasteiger partial charge in [-0.25, -0.2) is 8.78 Å². The average molecular weight is 512 g/mol. The molecule has 1 aliphatic carbocycles. The molecular formula is C26H36ClF2N3O3. The molecule has 1 saturated carbocycles. The fourth-order valence-electron chi connectivity index (χ4n) is 5.54. The van der Waals surface area contributed by atoms with Crippen molar-refractivity contribution in [1.82, 2.24) is 14.7 Å². The second-order valence-corrected chi connectivity index (χ2v) is 11.0. The number of carbonyl (C=O) groups excluding carboxylic acids is 2. The molecule has 9 heteroatoms. The molecule has 1 aromatic carbocycles. The third-order valence-corrected chi connectivity index (χ3v) is 8.00. The molecule has 0 N–H and O–H groups in total. The summed E-state index contributed by atoms with van der Waals surface area (Å²) < 4.78 is 33.4. The Labute approximate surface area is 211 Å². The van der Waals surface area contributed by atoms with Gasteiger partial charge in [0.1, 0.15) is 5.75 Å². The maximum absolute atomic E-state index is 13.6. The molecule has 0 spiro atoms. The summed E-state index contributed by atoms with van der Waals surface area (Å²) in [5, 5.41) is 0.569. The number of benzene rings is 1. The Morgan fingerprint density at radius 1 is 1.06 bits per heavy atom. The molecule has 0 unspecified atom stereocenters. The highest BCUT2D eigenvalue weighted by Gasteiger charge is 2.44. The first-order valence-electron chi connectivity index (χ1n) is 12.7. The van der Waals surface area contributed by atoms with Gasteiger partial charge in [0.25, 0.3) is 0 Å². The molecular weight excluding hydrogens is 476 g/mol. The van der Waals surface area contributed by atoms with Gasteiger partial charge < -0.3 is 19.4 Å². The third-order valence-electron chi connectivity index (χ3n) is 7.76. The van der Waals surface area contributed by atoms with E-state index >= 15 is 0 Å². The van der Waals surface area contributed by atoms with Crippen molar-refractivity contribution in [3.63, 3.8) is 0 Å². The zero-order valence-electron chi connectivity index (χ0n) is 20.5. The number of likely N-dealkylation sites (tertiary alicyclic amines) is 1. The van der Waals surface area contributed by atoms with Gasteiger partial charge in [-0.1, -0.05) is 17.7 Å². The van der Waals surface area contributed by atoms with Crippen LogP contribution in [-0.2, 0) is 9.59 Å². The number of hydrogen-bond acceptors (Lipinski definition) is 4. The molecule has 194 valence electrons. The van der Waals surface area contributed by atoms with Crippen LogP contribution in [0.2, 0.25) is 5.02 Å². The second kappa shape index (κ2) is 11.0. The zero-order chi connectivity index (χ0) is 25.1. The van der Waals surface area contributed by atoms with Crippen molar-refractivity contribution in [2.45, 2.75) is 50.9 Å². The van der Waals surface area contributed by atoms with E-state index in [1.165, 1.54) is 0 Å². The number of nitrogens with zero attached hydrogens (tertiary/aromatic N) is 3. The molecule has 3 aliphatic rings. The quantitative estimate of drug-likeness (QED) is 0.571. The lowest BCUT2D eigenvalue weighted by molar-refractivity contribution is -0.147. The molecule has 1 aromatic rings. The van der Waals surface area contributed by atoms with Crippen LogP contribution in [0.1, 0.15) is 44.9 Å². The van der Waals surface area contributed by atoms with Crippen molar-refractivity contribution in [2.75, 3.05) is 52.9 Å². The van der Waals surface area contributed by atoms with Crippen molar-refractivity contribution >= 4 is 23.4 Å². The summed E-state index contributed by atoms with van der Waals surface area (Å²) in [6.45, 7) is 4.35. The third kappa shape index (κ3) is 6.85. The summed E-state index contributed by atoms with van der Waals surface area (Å²) in [5.41, 5.74) is -0.532. The van der Waals surface area contributed by atoms with E-state index in [4.69, 9.17) is 16.3 Å². The van der Waals surface area contributed by atoms with E-state index in [-0.39, 0.29) is 43.4 Å². The van der Waals surface area contributed by atoms with Crippen molar-refractivity contribution in [2.24, 2.45) is 11.3 Å². The van der Waals surface area contributed by atoms with E-state index in [9.17, 15) is 18.4 Å². The number of rotatable bonds is 6. The number of hydrogen-bond donors (Lipinski definition) is 0. The van der Waals surface area contributed by atoms with Crippen LogP contribution < -0.4 is 4.74 Å². The standard InChI is InChI=1S/C26H36ClF2N3O3/c1-30-12-14-31(15-13-30)23(33)17-25(19-35-22-5-2-4-21(27)16-22)8-3-11-32(18-25)24(34)20-6-9-26(28,29)10-7-20/h2,4-5,16,20H,3,6-15,17-19H2,1H3/t25-/m0/s1. The summed E-state index contributed by atoms with van der Waals surface area (Å²) in [5.74, 6) is -2.38. The van der Waals surface area contributed by atoms with Crippen molar-refractivity contribution in [1.29, 1.82) is 0 Å². The molecule has 2 saturated heterocycles. The molecule has 35 heavy (non-hydrogen) atoms. The Hall–Kier alpha value is -1.93. The van der Waals surface area contributed by atoms with Gasteiger partial charge in [-0.15, -0.1) is 0 Å². The molecule has 0 aromatic heterocycles. The van der Waals surface area contributed by atoms with E-state index in [2.05, 4.69) is 4.90 Å². The number of ether oxygens (including phenoxy) is 1. The molecule has 0 bridgehead atoms. The maximum Gasteiger partial charge on any atom is 0.248 e. The minimum Gasteiger partial charge on any atom is -0.493 e. The number of alkyl halides is 2. The maximum atomic E-state index is 13.6. The molecule has 0 radical (unpaired) electrons. The number of amides is 2. The number of carbonyl (C=O) groups is 2. The highest BCUT2D eigenvalue weighted by atomic mass is 35.5. The number of piperazine rings is 1. The first kappa shape index (κ1) is 26.1. The van der Waals surface area contributed by atoms with Crippen LogP contribution in [0.25, 0.3) is 0 Å². The van der Waals surface area contributed by atoms with Crippen molar-refractivity contribution in [3.8, 4) is 5.75 Å². The predicted octanol–water partition coefficient (Wildman–Crippen LogP) is 4.32. The van der Waals surface area contributed by atoms with E-state index < -0.39 is 11.3 Å². The van der Waals surface area contributed by atoms with Gasteiger partial charge in [0.2, 0.25) is 17.7 Å². The Bertz CT molecular complexity index is 900. The van der Waals surface area contributed by atoms with Crippen molar-refractivity contribution in [3.05, 3.63) is 29.3 Å². The normalized spacial score (nSPS) is 25.9. The number of piperidine rings is 1. The summed E-state index contributed by atoms with van der Waals surface area (Å²) in [4.78, 5) is 32.6. The lowest BCUT2D eigenvalue weighted by Gasteiger charge is -2.45. The lowest BCUT2D eigenvalue weighted by atomic mass is 9.76. The average Bonchev–Trinajstić information content (AvgIpc) is 2.83. The Kier molecular flexibility index (Phi) is 8.21. The number of likely N-dealkylation sites (N-methyl/N-ethyl adjacent to an activating group) is 1. The topological polar surface area (TPSA) is 53.1 Å². The van der Waals surface area contributed by atoms with Crippen LogP contribution in [0.5, 0.6) is 5.75 Å². The van der Waals surface area contributed by atoms with Gasteiger partial charge in [0.05, 0.1) is 6.61 Å². The van der Waals surface area contributed by atoms with Gasteiger partial charge in [-0.3, -0.25) is 9.59 Å². The molecule has 6 nitrogen and oxygen atoms in total. The monoisotopic (exact) mass is 511 g/mol. The summed E-state index contributed by atoms with van der Waals surface area (Å²) in [6.07, 6.45) is 1.78. The molecule has 2 heterocycles. The number of halogens is 3. The summed E-state index contributed by atoms with van der Waals surface area (Å²) in [7, 11) is 2.05. The van der Waals surface area contributed by atoms with Crippen LogP contribution >= 0.6 is 11.6 Å². The molecule has 1 atom stereocenters. The second-order valence-electron chi connectivity index (χ2n) is 10.6. The first-order chi connectivity index (χ1) is 16.6. The van der Waals surface area contributed by atoms with Crippen LogP contribution in [0.3, 0.4) is 0 Å². The van der Waals surface area contributed by atoms with Crippen LogP contribution in [0.4, 0.5) is 8.78 Å². The van der Waals surface area contributed by atoms with Crippen molar-refractivity contribution < 1.29 is 23.1 Å². The van der Waals surface area contributed by atoms with Crippen LogP contribution in [0, 0.1) is 11.3 Å². The van der Waals surface area contributed by atoms with E-state index in [1.807, 2.05) is 24.1 Å². The molecule has 4 rings (SSSR count). The fraction of sp³-hybridized carbons (Fsp3) is 0.692.